The summed E-state index contributed by atoms with van der Waals surface area (Å²) >= 11 is 6.06. The molecule has 2 rings (SSSR count). The monoisotopic (exact) mass is 222 g/mol. The molecule has 1 amide bonds. The molecule has 0 unspecified atom stereocenters. The van der Waals surface area contributed by atoms with Crippen LogP contribution < -0.4 is 4.90 Å². The number of hydrogen-bond acceptors (Lipinski definition) is 2. The van der Waals surface area contributed by atoms with E-state index in [1.54, 1.807) is 25.2 Å². The summed E-state index contributed by atoms with van der Waals surface area (Å²) in [7, 11) is 3.54. The predicted octanol–water partition coefficient (Wildman–Crippen LogP) is 2.33. The van der Waals surface area contributed by atoms with Crippen molar-refractivity contribution in [3.8, 4) is 0 Å². The summed E-state index contributed by atoms with van der Waals surface area (Å²) in [6.45, 7) is 3.84. The third kappa shape index (κ3) is 1.31. The van der Waals surface area contributed by atoms with Crippen LogP contribution in [0.3, 0.4) is 0 Å². The minimum atomic E-state index is -0.0735. The Bertz CT molecular complexity index is 456. The zero-order chi connectivity index (χ0) is 11.2. The SMILES string of the molecule is C=C1N(C)C(=O)c2cccc(Cl)c2N1C. The normalized spacial score (nSPS) is 15.7. The predicted molar refractivity (Wildman–Crippen MR) is 61.1 cm³/mol. The average Bonchev–Trinajstić information content (AvgIpc) is 2.23. The summed E-state index contributed by atoms with van der Waals surface area (Å²) in [5.41, 5.74) is 1.34. The van der Waals surface area contributed by atoms with Gasteiger partial charge in [-0.15, -0.1) is 0 Å². The Labute approximate surface area is 93.5 Å². The number of nitrogens with zero attached hydrogens (tertiary/aromatic N) is 2. The van der Waals surface area contributed by atoms with E-state index in [1.165, 1.54) is 4.90 Å². The molecule has 0 N–H and O–H groups in total. The number of benzene rings is 1. The standard InChI is InChI=1S/C11H11ClN2O/c1-7-13(2)10-8(11(15)14(7)3)5-4-6-9(10)12/h4-6H,1H2,2-3H3. The summed E-state index contributed by atoms with van der Waals surface area (Å²) in [6.07, 6.45) is 0. The molecule has 0 aromatic heterocycles. The number of halogens is 1. The smallest absolute Gasteiger partial charge is 0.261 e. The summed E-state index contributed by atoms with van der Waals surface area (Å²) in [6, 6.07) is 5.31. The maximum Gasteiger partial charge on any atom is 0.261 e. The molecular formula is C11H11ClN2O. The van der Waals surface area contributed by atoms with Crippen LogP contribution >= 0.6 is 11.6 Å². The maximum absolute atomic E-state index is 11.9. The molecule has 1 aromatic rings. The van der Waals surface area contributed by atoms with Gasteiger partial charge in [-0.1, -0.05) is 24.2 Å². The van der Waals surface area contributed by atoms with Gasteiger partial charge in [0.1, 0.15) is 5.82 Å². The van der Waals surface area contributed by atoms with E-state index in [0.29, 0.717) is 16.4 Å². The highest BCUT2D eigenvalue weighted by atomic mass is 35.5. The fourth-order valence-electron chi connectivity index (χ4n) is 1.68. The van der Waals surface area contributed by atoms with Gasteiger partial charge in [0, 0.05) is 14.1 Å². The van der Waals surface area contributed by atoms with Crippen LogP contribution in [0.2, 0.25) is 5.02 Å². The molecule has 1 aliphatic heterocycles. The number of carbonyl (C=O) groups excluding carboxylic acids is 1. The quantitative estimate of drug-likeness (QED) is 0.673. The molecule has 1 aliphatic rings. The van der Waals surface area contributed by atoms with E-state index in [2.05, 4.69) is 6.58 Å². The van der Waals surface area contributed by atoms with Gasteiger partial charge in [-0.3, -0.25) is 9.69 Å². The van der Waals surface area contributed by atoms with Crippen LogP contribution in [0.15, 0.2) is 30.6 Å². The van der Waals surface area contributed by atoms with Crippen LogP contribution in [-0.2, 0) is 0 Å². The van der Waals surface area contributed by atoms with E-state index in [-0.39, 0.29) is 5.91 Å². The molecule has 0 aliphatic carbocycles. The molecule has 0 spiro atoms. The summed E-state index contributed by atoms with van der Waals surface area (Å²) in [4.78, 5) is 15.2. The van der Waals surface area contributed by atoms with E-state index in [0.717, 1.165) is 5.69 Å². The van der Waals surface area contributed by atoms with Gasteiger partial charge in [0.25, 0.3) is 5.91 Å². The largest absolute Gasteiger partial charge is 0.329 e. The molecular weight excluding hydrogens is 212 g/mol. The summed E-state index contributed by atoms with van der Waals surface area (Å²) in [5, 5.41) is 0.567. The van der Waals surface area contributed by atoms with Crippen LogP contribution in [0.1, 0.15) is 10.4 Å². The van der Waals surface area contributed by atoms with Gasteiger partial charge in [0.05, 0.1) is 16.3 Å². The Kier molecular flexibility index (Phi) is 2.20. The van der Waals surface area contributed by atoms with Crippen molar-refractivity contribution in [2.24, 2.45) is 0 Å². The number of fused-ring (bicyclic) bond motifs is 1. The fourth-order valence-corrected chi connectivity index (χ4v) is 1.98. The van der Waals surface area contributed by atoms with Gasteiger partial charge in [-0.05, 0) is 12.1 Å². The van der Waals surface area contributed by atoms with E-state index in [9.17, 15) is 4.79 Å². The van der Waals surface area contributed by atoms with Crippen LogP contribution in [0.4, 0.5) is 5.69 Å². The van der Waals surface area contributed by atoms with E-state index >= 15 is 0 Å². The van der Waals surface area contributed by atoms with Crippen molar-refractivity contribution in [1.29, 1.82) is 0 Å². The van der Waals surface area contributed by atoms with Crippen molar-refractivity contribution in [2.75, 3.05) is 19.0 Å². The molecule has 3 nitrogen and oxygen atoms in total. The van der Waals surface area contributed by atoms with Gasteiger partial charge >= 0.3 is 0 Å². The zero-order valence-electron chi connectivity index (χ0n) is 8.62. The number of hydrogen-bond donors (Lipinski definition) is 0. The minimum Gasteiger partial charge on any atom is -0.329 e. The molecule has 1 aromatic carbocycles. The molecule has 0 fully saturated rings. The molecule has 78 valence electrons. The van der Waals surface area contributed by atoms with Gasteiger partial charge in [-0.25, -0.2) is 0 Å². The van der Waals surface area contributed by atoms with Crippen molar-refractivity contribution in [3.63, 3.8) is 0 Å². The average molecular weight is 223 g/mol. The molecule has 0 radical (unpaired) electrons. The Morgan fingerprint density at radius 1 is 1.27 bits per heavy atom. The minimum absolute atomic E-state index is 0.0735. The Balaban J connectivity index is 2.69. The van der Waals surface area contributed by atoms with Crippen molar-refractivity contribution in [3.05, 3.63) is 41.2 Å². The fraction of sp³-hybridized carbons (Fsp3) is 0.182. The first-order chi connectivity index (χ1) is 7.04. The number of rotatable bonds is 0. The van der Waals surface area contributed by atoms with E-state index < -0.39 is 0 Å². The highest BCUT2D eigenvalue weighted by Gasteiger charge is 2.29. The third-order valence-electron chi connectivity index (χ3n) is 2.63. The van der Waals surface area contributed by atoms with Crippen molar-refractivity contribution >= 4 is 23.2 Å². The second kappa shape index (κ2) is 3.28. The van der Waals surface area contributed by atoms with Crippen LogP contribution in [0.25, 0.3) is 0 Å². The van der Waals surface area contributed by atoms with Crippen LogP contribution in [0, 0.1) is 0 Å². The van der Waals surface area contributed by atoms with Gasteiger partial charge < -0.3 is 4.90 Å². The Morgan fingerprint density at radius 2 is 1.93 bits per heavy atom. The number of amides is 1. The van der Waals surface area contributed by atoms with Crippen molar-refractivity contribution in [1.82, 2.24) is 4.90 Å². The van der Waals surface area contributed by atoms with E-state index in [1.807, 2.05) is 11.9 Å². The van der Waals surface area contributed by atoms with Gasteiger partial charge in [-0.2, -0.15) is 0 Å². The molecule has 15 heavy (non-hydrogen) atoms. The first-order valence-electron chi connectivity index (χ1n) is 4.53. The van der Waals surface area contributed by atoms with Crippen molar-refractivity contribution < 1.29 is 4.79 Å². The number of carbonyl (C=O) groups is 1. The lowest BCUT2D eigenvalue weighted by Gasteiger charge is -2.35. The molecule has 1 heterocycles. The lowest BCUT2D eigenvalue weighted by Crippen LogP contribution is -2.40. The lowest BCUT2D eigenvalue weighted by molar-refractivity contribution is 0.0826. The van der Waals surface area contributed by atoms with E-state index in [4.69, 9.17) is 11.6 Å². The van der Waals surface area contributed by atoms with Gasteiger partial charge in [0.15, 0.2) is 0 Å². The second-order valence-corrected chi connectivity index (χ2v) is 3.88. The van der Waals surface area contributed by atoms with Crippen molar-refractivity contribution in [2.45, 2.75) is 0 Å². The highest BCUT2D eigenvalue weighted by Crippen LogP contribution is 2.35. The third-order valence-corrected chi connectivity index (χ3v) is 2.94. The number of anilines is 1. The second-order valence-electron chi connectivity index (χ2n) is 3.48. The molecule has 0 saturated heterocycles. The highest BCUT2D eigenvalue weighted by molar-refractivity contribution is 6.34. The molecule has 0 atom stereocenters. The summed E-state index contributed by atoms with van der Waals surface area (Å²) < 4.78 is 0. The number of para-hydroxylation sites is 1. The Morgan fingerprint density at radius 3 is 2.60 bits per heavy atom. The lowest BCUT2D eigenvalue weighted by atomic mass is 10.1. The Hall–Kier alpha value is -1.48. The van der Waals surface area contributed by atoms with Crippen LogP contribution in [-0.4, -0.2) is 24.9 Å². The van der Waals surface area contributed by atoms with Crippen LogP contribution in [0.5, 0.6) is 0 Å². The zero-order valence-corrected chi connectivity index (χ0v) is 9.38. The first kappa shape index (κ1) is 10.1. The molecule has 4 heteroatoms. The van der Waals surface area contributed by atoms with Gasteiger partial charge in [0.2, 0.25) is 0 Å². The summed E-state index contributed by atoms with van der Waals surface area (Å²) in [5.74, 6) is 0.552. The molecule has 0 saturated carbocycles. The topological polar surface area (TPSA) is 23.6 Å². The maximum atomic E-state index is 11.9. The first-order valence-corrected chi connectivity index (χ1v) is 4.91. The molecule has 0 bridgehead atoms.